The number of ether oxygens (including phenoxy) is 1. The van der Waals surface area contributed by atoms with Crippen molar-refractivity contribution in [3.8, 4) is 33.8 Å². The van der Waals surface area contributed by atoms with E-state index in [9.17, 15) is 54.0 Å². The molecule has 4 aromatic rings. The van der Waals surface area contributed by atoms with Crippen LogP contribution in [-0.4, -0.2) is 165 Å². The van der Waals surface area contributed by atoms with Gasteiger partial charge >= 0.3 is 0 Å². The number of carbonyl (C=O) groups excluding carboxylic acids is 7. The van der Waals surface area contributed by atoms with Crippen LogP contribution < -0.4 is 36.6 Å². The minimum atomic E-state index is -1.68. The number of nitrogens with one attached hydrogen (secondary N) is 6. The number of hydrogen-bond donors (Lipinski definition) is 10. The monoisotopic (exact) mass is 1070 g/mol. The van der Waals surface area contributed by atoms with Crippen molar-refractivity contribution in [2.24, 2.45) is 0 Å². The first-order valence-corrected chi connectivity index (χ1v) is 27.0. The number of nitrogens with zero attached hydrogens (tertiary/aromatic N) is 2. The van der Waals surface area contributed by atoms with E-state index in [2.05, 4.69) is 38.8 Å². The van der Waals surface area contributed by atoms with Gasteiger partial charge in [-0.3, -0.25) is 33.6 Å². The van der Waals surface area contributed by atoms with Gasteiger partial charge in [0.2, 0.25) is 35.4 Å². The van der Waals surface area contributed by atoms with Crippen molar-refractivity contribution in [1.82, 2.24) is 41.7 Å². The third kappa shape index (κ3) is 15.0. The molecule has 10 N–H and O–H groups in total. The van der Waals surface area contributed by atoms with Crippen LogP contribution in [0.15, 0.2) is 97.1 Å². The van der Waals surface area contributed by atoms with Gasteiger partial charge in [-0.1, -0.05) is 80.4 Å². The Labute approximate surface area is 454 Å². The van der Waals surface area contributed by atoms with E-state index in [0.717, 1.165) is 52.2 Å². The van der Waals surface area contributed by atoms with Crippen molar-refractivity contribution in [1.29, 1.82) is 0 Å². The number of aliphatic hydroxyl groups excluding tert-OH is 3. The molecule has 0 spiro atoms. The Morgan fingerprint density at radius 1 is 0.692 bits per heavy atom. The molecule has 0 saturated carbocycles. The number of benzene rings is 4. The second-order valence-electron chi connectivity index (χ2n) is 20.5. The van der Waals surface area contributed by atoms with Crippen molar-refractivity contribution in [3.63, 3.8) is 0 Å². The lowest BCUT2D eigenvalue weighted by atomic mass is 9.99. The fraction of sp³-hybridized carbons (Fsp3) is 0.466. The molecule has 20 nitrogen and oxygen atoms in total. The summed E-state index contributed by atoms with van der Waals surface area (Å²) in [6.45, 7) is 5.07. The van der Waals surface area contributed by atoms with Gasteiger partial charge in [-0.2, -0.15) is 0 Å². The topological polar surface area (TPSA) is 288 Å². The molecule has 0 aromatic heterocycles. The highest BCUT2D eigenvalue weighted by Gasteiger charge is 2.46. The molecule has 3 aliphatic heterocycles. The normalized spacial score (nSPS) is 24.6. The fourth-order valence-electron chi connectivity index (χ4n) is 10.1. The zero-order valence-corrected chi connectivity index (χ0v) is 44.7. The number of likely N-dealkylation sites (N-methyl/N-ethyl adjacent to an activating group) is 1. The summed E-state index contributed by atoms with van der Waals surface area (Å²) in [6.07, 6.45) is -0.892. The molecule has 7 amide bonds. The Hall–Kier alpha value is -7.39. The van der Waals surface area contributed by atoms with E-state index in [4.69, 9.17) is 4.74 Å². The van der Waals surface area contributed by atoms with E-state index < -0.39 is 95.9 Å². The SMILES string of the molecule is CCCCCOc1ccc(-c2ccc(-c3ccc(C(=O)N[C@H]4CCCNC(=O)[C@@H]5C[C@H](NC)CN5C(=O)[C@H]([C@@H](C)O)NC(=O)[C@H](CCc5ccc(O)cc5)NC(=O)[C@@H]5C[C@@H](O)CN5C(=O)[C@H]([C@@H](C)O)NC4=O)cc3)cc2)cc1. The molecule has 0 radical (unpaired) electrons. The predicted molar refractivity (Wildman–Crippen MR) is 291 cm³/mol. The summed E-state index contributed by atoms with van der Waals surface area (Å²) in [6, 6.07) is 20.2. The van der Waals surface area contributed by atoms with Gasteiger partial charge in [0.05, 0.1) is 24.9 Å². The van der Waals surface area contributed by atoms with Crippen LogP contribution in [0.4, 0.5) is 0 Å². The van der Waals surface area contributed by atoms with Crippen LogP contribution in [0.2, 0.25) is 0 Å². The van der Waals surface area contributed by atoms with Gasteiger partial charge in [-0.25, -0.2) is 0 Å². The molecule has 3 aliphatic rings. The minimum absolute atomic E-state index is 0.00854. The molecule has 10 atom stereocenters. The van der Waals surface area contributed by atoms with Crippen LogP contribution in [0.3, 0.4) is 0 Å². The highest BCUT2D eigenvalue weighted by atomic mass is 16.5. The van der Waals surface area contributed by atoms with Crippen molar-refractivity contribution >= 4 is 41.4 Å². The van der Waals surface area contributed by atoms with Gasteiger partial charge in [0.15, 0.2) is 0 Å². The first-order chi connectivity index (χ1) is 37.4. The second kappa shape index (κ2) is 27.3. The van der Waals surface area contributed by atoms with E-state index in [-0.39, 0.29) is 75.5 Å². The number of fused-ring (bicyclic) bond motifs is 2. The van der Waals surface area contributed by atoms with E-state index in [1.807, 2.05) is 48.5 Å². The van der Waals surface area contributed by atoms with Crippen LogP contribution in [0.5, 0.6) is 11.5 Å². The Balaban J connectivity index is 1.12. The highest BCUT2D eigenvalue weighted by Crippen LogP contribution is 2.28. The number of hydrogen-bond acceptors (Lipinski definition) is 13. The third-order valence-corrected chi connectivity index (χ3v) is 14.7. The van der Waals surface area contributed by atoms with E-state index in [1.54, 1.807) is 43.4 Å². The number of aryl methyl sites for hydroxylation is 1. The zero-order valence-electron chi connectivity index (χ0n) is 44.7. The third-order valence-electron chi connectivity index (χ3n) is 14.7. The number of aliphatic hydroxyl groups is 3. The summed E-state index contributed by atoms with van der Waals surface area (Å²) in [4.78, 5) is 102. The predicted octanol–water partition coefficient (Wildman–Crippen LogP) is 2.30. The smallest absolute Gasteiger partial charge is 0.251 e. The molecule has 0 bridgehead atoms. The van der Waals surface area contributed by atoms with E-state index >= 15 is 0 Å². The lowest BCUT2D eigenvalue weighted by molar-refractivity contribution is -0.145. The molecule has 0 aliphatic carbocycles. The summed E-state index contributed by atoms with van der Waals surface area (Å²) >= 11 is 0. The van der Waals surface area contributed by atoms with Crippen LogP contribution >= 0.6 is 0 Å². The maximum atomic E-state index is 14.4. The Kier molecular flexibility index (Phi) is 20.4. The van der Waals surface area contributed by atoms with Crippen molar-refractivity contribution in [2.75, 3.05) is 33.3 Å². The van der Waals surface area contributed by atoms with Crippen LogP contribution in [0, 0.1) is 0 Å². The maximum Gasteiger partial charge on any atom is 0.251 e. The van der Waals surface area contributed by atoms with Crippen LogP contribution in [0.25, 0.3) is 22.3 Å². The standard InChI is InChI=1S/C58H74N8O12/c1-5-6-7-29-78-45-25-21-40(22-26-45)38-15-13-37(14-16-38)39-17-19-41(20-18-39)52(71)61-46-9-8-28-60-55(74)48-30-42(59-4)32-65(48)57(76)50(34(2)67)64-54(73)47(27-12-36-10-23-43(69)24-11-36)62-56(75)49-31-44(70)33-66(49)58(77)51(35(3)68)63-53(46)72/h10-11,13-26,34-35,42,44,46-51,59,67-70H,5-9,12,27-33H2,1-4H3,(H,60,74)(H,61,71)(H,62,75)(H,63,72)(H,64,73)/t34-,35-,42+,44-,46+,47+,48+,49+,50+,51+/m1/s1. The molecule has 4 aromatic carbocycles. The van der Waals surface area contributed by atoms with Gasteiger partial charge < -0.3 is 66.9 Å². The summed E-state index contributed by atoms with van der Waals surface area (Å²) in [7, 11) is 1.68. The summed E-state index contributed by atoms with van der Waals surface area (Å²) in [5, 5.41) is 59.4. The molecule has 3 heterocycles. The van der Waals surface area contributed by atoms with Crippen LogP contribution in [-0.2, 0) is 35.2 Å². The van der Waals surface area contributed by atoms with Crippen molar-refractivity contribution in [2.45, 2.75) is 139 Å². The zero-order chi connectivity index (χ0) is 56.0. The highest BCUT2D eigenvalue weighted by molar-refractivity contribution is 6.00. The quantitative estimate of drug-likeness (QED) is 0.0767. The summed E-state index contributed by atoms with van der Waals surface area (Å²) in [5.74, 6) is -4.59. The van der Waals surface area contributed by atoms with Gasteiger partial charge in [-0.05, 0) is 124 Å². The maximum absolute atomic E-state index is 14.4. The summed E-state index contributed by atoms with van der Waals surface area (Å²) in [5.41, 5.74) is 4.67. The van der Waals surface area contributed by atoms with Crippen molar-refractivity contribution in [3.05, 3.63) is 108 Å². The fourth-order valence-corrected chi connectivity index (χ4v) is 10.1. The second-order valence-corrected chi connectivity index (χ2v) is 20.5. The van der Waals surface area contributed by atoms with Gasteiger partial charge in [-0.15, -0.1) is 0 Å². The number of phenolic OH excluding ortho intramolecular Hbond substituents is 1. The molecule has 78 heavy (non-hydrogen) atoms. The molecular weight excluding hydrogens is 1000 g/mol. The number of unbranched alkanes of at least 4 members (excludes halogenated alkanes) is 2. The number of carbonyl (C=O) groups is 7. The molecule has 3 fully saturated rings. The summed E-state index contributed by atoms with van der Waals surface area (Å²) < 4.78 is 5.86. The molecule has 418 valence electrons. The average molecular weight is 1080 g/mol. The minimum Gasteiger partial charge on any atom is -0.508 e. The molecule has 20 heteroatoms. The van der Waals surface area contributed by atoms with Gasteiger partial charge in [0.1, 0.15) is 47.8 Å². The first-order valence-electron chi connectivity index (χ1n) is 27.0. The van der Waals surface area contributed by atoms with Gasteiger partial charge in [0, 0.05) is 37.7 Å². The van der Waals surface area contributed by atoms with Crippen LogP contribution in [0.1, 0.15) is 88.1 Å². The average Bonchev–Trinajstić information content (AvgIpc) is 4.10. The van der Waals surface area contributed by atoms with Gasteiger partial charge in [0.25, 0.3) is 5.91 Å². The first kappa shape index (κ1) is 58.3. The lowest BCUT2D eigenvalue weighted by Crippen LogP contribution is -2.61. The van der Waals surface area contributed by atoms with Crippen molar-refractivity contribution < 1.29 is 58.7 Å². The number of rotatable bonds is 15. The number of aromatic hydroxyl groups is 1. The molecule has 3 saturated heterocycles. The Morgan fingerprint density at radius 2 is 1.24 bits per heavy atom. The van der Waals surface area contributed by atoms with E-state index in [1.165, 1.54) is 30.9 Å². The lowest BCUT2D eigenvalue weighted by Gasteiger charge is -2.32. The Bertz CT molecular complexity index is 2700. The number of phenols is 1. The molecular formula is C58H74N8O12. The largest absolute Gasteiger partial charge is 0.508 e. The number of amides is 7. The Morgan fingerprint density at radius 3 is 1.82 bits per heavy atom. The molecule has 0 unspecified atom stereocenters. The molecule has 7 rings (SSSR count). The van der Waals surface area contributed by atoms with E-state index in [0.29, 0.717) is 12.2 Å².